The number of aryl methyl sites for hydroxylation is 1. The quantitative estimate of drug-likeness (QED) is 0.634. The van der Waals surface area contributed by atoms with Crippen LogP contribution in [0.15, 0.2) is 47.5 Å². The molecule has 3 rings (SSSR count). The molecule has 148 valence electrons. The van der Waals surface area contributed by atoms with Crippen LogP contribution in [0.2, 0.25) is 5.02 Å². The van der Waals surface area contributed by atoms with Gasteiger partial charge in [0.25, 0.3) is 0 Å². The minimum absolute atomic E-state index is 0.133. The Labute approximate surface area is 171 Å². The van der Waals surface area contributed by atoms with E-state index in [9.17, 15) is 4.79 Å². The van der Waals surface area contributed by atoms with E-state index in [0.717, 1.165) is 36.0 Å². The third kappa shape index (κ3) is 5.45. The van der Waals surface area contributed by atoms with E-state index < -0.39 is 0 Å². The fraction of sp³-hybridized carbons (Fsp3) is 0.381. The average Bonchev–Trinajstić information content (AvgIpc) is 2.69. The molecular formula is C21H26ClN5O. The lowest BCUT2D eigenvalue weighted by molar-refractivity contribution is -0.131. The lowest BCUT2D eigenvalue weighted by atomic mass is 10.1. The number of pyridine rings is 1. The van der Waals surface area contributed by atoms with Gasteiger partial charge in [-0.05, 0) is 36.8 Å². The van der Waals surface area contributed by atoms with Gasteiger partial charge in [0, 0.05) is 43.9 Å². The van der Waals surface area contributed by atoms with Crippen LogP contribution < -0.4 is 5.32 Å². The number of aliphatic imine (C=N–C) groups is 1. The van der Waals surface area contributed by atoms with Gasteiger partial charge < -0.3 is 15.1 Å². The second kappa shape index (κ2) is 9.55. The molecule has 1 aromatic heterocycles. The summed E-state index contributed by atoms with van der Waals surface area (Å²) >= 11 is 6.01. The van der Waals surface area contributed by atoms with Crippen molar-refractivity contribution in [1.29, 1.82) is 0 Å². The second-order valence-corrected chi connectivity index (χ2v) is 7.28. The molecule has 0 atom stereocenters. The van der Waals surface area contributed by atoms with Crippen molar-refractivity contribution in [1.82, 2.24) is 20.1 Å². The maximum atomic E-state index is 12.6. The Morgan fingerprint density at radius 2 is 1.86 bits per heavy atom. The van der Waals surface area contributed by atoms with E-state index >= 15 is 0 Å². The third-order valence-corrected chi connectivity index (χ3v) is 5.00. The first-order chi connectivity index (χ1) is 13.5. The molecule has 0 spiro atoms. The Morgan fingerprint density at radius 3 is 2.54 bits per heavy atom. The number of amides is 1. The van der Waals surface area contributed by atoms with E-state index in [4.69, 9.17) is 11.6 Å². The average molecular weight is 400 g/mol. The molecule has 7 heteroatoms. The van der Waals surface area contributed by atoms with Crippen molar-refractivity contribution in [2.24, 2.45) is 4.99 Å². The SMILES string of the molecule is CN=C(NCc1cccc(C)n1)N1CCN(C(=O)Cc2cccc(Cl)c2)CC1. The summed E-state index contributed by atoms with van der Waals surface area (Å²) in [5.74, 6) is 0.971. The zero-order valence-electron chi connectivity index (χ0n) is 16.4. The molecule has 1 fully saturated rings. The van der Waals surface area contributed by atoms with Crippen LogP contribution in [-0.4, -0.2) is 59.9 Å². The maximum absolute atomic E-state index is 12.6. The highest BCUT2D eigenvalue weighted by atomic mass is 35.5. The fourth-order valence-corrected chi connectivity index (χ4v) is 3.51. The number of nitrogens with one attached hydrogen (secondary N) is 1. The number of carbonyl (C=O) groups is 1. The molecule has 0 bridgehead atoms. The smallest absolute Gasteiger partial charge is 0.227 e. The predicted molar refractivity (Wildman–Crippen MR) is 112 cm³/mol. The molecule has 1 amide bonds. The zero-order chi connectivity index (χ0) is 19.9. The van der Waals surface area contributed by atoms with Crippen LogP contribution in [-0.2, 0) is 17.8 Å². The highest BCUT2D eigenvalue weighted by Crippen LogP contribution is 2.13. The number of carbonyl (C=O) groups excluding carboxylic acids is 1. The molecule has 28 heavy (non-hydrogen) atoms. The summed E-state index contributed by atoms with van der Waals surface area (Å²) in [7, 11) is 1.78. The van der Waals surface area contributed by atoms with E-state index in [0.29, 0.717) is 31.1 Å². The second-order valence-electron chi connectivity index (χ2n) is 6.85. The van der Waals surface area contributed by atoms with E-state index in [-0.39, 0.29) is 5.91 Å². The van der Waals surface area contributed by atoms with Gasteiger partial charge in [-0.1, -0.05) is 29.8 Å². The number of piperazine rings is 1. The number of guanidine groups is 1. The Kier molecular flexibility index (Phi) is 6.87. The lowest BCUT2D eigenvalue weighted by Crippen LogP contribution is -2.53. The first-order valence-corrected chi connectivity index (χ1v) is 9.83. The van der Waals surface area contributed by atoms with Crippen molar-refractivity contribution >= 4 is 23.5 Å². The number of halogens is 1. The van der Waals surface area contributed by atoms with Crippen LogP contribution in [0.4, 0.5) is 0 Å². The number of rotatable bonds is 4. The Hall–Kier alpha value is -2.60. The van der Waals surface area contributed by atoms with Gasteiger partial charge in [-0.25, -0.2) is 0 Å². The number of hydrogen-bond acceptors (Lipinski definition) is 3. The molecule has 6 nitrogen and oxygen atoms in total. The molecule has 0 aliphatic carbocycles. The van der Waals surface area contributed by atoms with Crippen molar-refractivity contribution < 1.29 is 4.79 Å². The van der Waals surface area contributed by atoms with Gasteiger partial charge in [-0.2, -0.15) is 0 Å². The zero-order valence-corrected chi connectivity index (χ0v) is 17.1. The van der Waals surface area contributed by atoms with Gasteiger partial charge in [0.1, 0.15) is 0 Å². The summed E-state index contributed by atoms with van der Waals surface area (Å²) in [6, 6.07) is 13.5. The summed E-state index contributed by atoms with van der Waals surface area (Å²) in [4.78, 5) is 25.6. The molecular weight excluding hydrogens is 374 g/mol. The molecule has 2 aromatic rings. The lowest BCUT2D eigenvalue weighted by Gasteiger charge is -2.36. The first-order valence-electron chi connectivity index (χ1n) is 9.45. The molecule has 1 aromatic carbocycles. The fourth-order valence-electron chi connectivity index (χ4n) is 3.30. The van der Waals surface area contributed by atoms with Gasteiger partial charge in [-0.3, -0.25) is 14.8 Å². The van der Waals surface area contributed by atoms with Gasteiger partial charge in [-0.15, -0.1) is 0 Å². The van der Waals surface area contributed by atoms with E-state index in [1.54, 1.807) is 7.05 Å². The Morgan fingerprint density at radius 1 is 1.14 bits per heavy atom. The molecule has 1 aliphatic rings. The molecule has 1 N–H and O–H groups in total. The van der Waals surface area contributed by atoms with Gasteiger partial charge in [0.2, 0.25) is 5.91 Å². The van der Waals surface area contributed by atoms with Crippen molar-refractivity contribution in [3.8, 4) is 0 Å². The largest absolute Gasteiger partial charge is 0.351 e. The molecule has 0 unspecified atom stereocenters. The van der Waals surface area contributed by atoms with Crippen LogP contribution in [0.1, 0.15) is 17.0 Å². The number of aromatic nitrogens is 1. The van der Waals surface area contributed by atoms with Gasteiger partial charge >= 0.3 is 0 Å². The van der Waals surface area contributed by atoms with E-state index in [2.05, 4.69) is 20.2 Å². The van der Waals surface area contributed by atoms with Gasteiger partial charge in [0.15, 0.2) is 5.96 Å². The summed E-state index contributed by atoms with van der Waals surface area (Å²) in [5.41, 5.74) is 2.93. The molecule has 0 radical (unpaired) electrons. The summed E-state index contributed by atoms with van der Waals surface area (Å²) in [6.45, 7) is 5.48. The minimum atomic E-state index is 0.133. The topological polar surface area (TPSA) is 60.8 Å². The number of nitrogens with zero attached hydrogens (tertiary/aromatic N) is 4. The molecule has 0 saturated carbocycles. The number of hydrogen-bond donors (Lipinski definition) is 1. The van der Waals surface area contributed by atoms with Crippen LogP contribution >= 0.6 is 11.6 Å². The third-order valence-electron chi connectivity index (χ3n) is 4.76. The van der Waals surface area contributed by atoms with Crippen molar-refractivity contribution in [3.63, 3.8) is 0 Å². The van der Waals surface area contributed by atoms with E-state index in [1.807, 2.05) is 54.3 Å². The summed E-state index contributed by atoms with van der Waals surface area (Å²) in [6.07, 6.45) is 0.382. The number of benzene rings is 1. The van der Waals surface area contributed by atoms with E-state index in [1.165, 1.54) is 0 Å². The van der Waals surface area contributed by atoms with Crippen molar-refractivity contribution in [2.45, 2.75) is 19.9 Å². The molecule has 1 saturated heterocycles. The maximum Gasteiger partial charge on any atom is 0.227 e. The predicted octanol–water partition coefficient (Wildman–Crippen LogP) is 2.51. The normalized spacial score (nSPS) is 14.9. The van der Waals surface area contributed by atoms with Crippen molar-refractivity contribution in [3.05, 3.63) is 64.4 Å². The Bertz CT molecular complexity index is 846. The van der Waals surface area contributed by atoms with Crippen LogP contribution in [0, 0.1) is 6.92 Å². The van der Waals surface area contributed by atoms with Crippen LogP contribution in [0.25, 0.3) is 0 Å². The standard InChI is InChI=1S/C21H26ClN5O/c1-16-5-3-8-19(25-16)15-24-21(23-2)27-11-9-26(10-12-27)20(28)14-17-6-4-7-18(22)13-17/h3-8,13H,9-12,14-15H2,1-2H3,(H,23,24). The minimum Gasteiger partial charge on any atom is -0.351 e. The highest BCUT2D eigenvalue weighted by molar-refractivity contribution is 6.30. The van der Waals surface area contributed by atoms with Crippen molar-refractivity contribution in [2.75, 3.05) is 33.2 Å². The first kappa shape index (κ1) is 20.1. The van der Waals surface area contributed by atoms with Gasteiger partial charge in [0.05, 0.1) is 18.7 Å². The Balaban J connectivity index is 1.49. The summed E-state index contributed by atoms with van der Waals surface area (Å²) in [5, 5.41) is 4.03. The molecule has 1 aliphatic heterocycles. The highest BCUT2D eigenvalue weighted by Gasteiger charge is 2.23. The monoisotopic (exact) mass is 399 g/mol. The van der Waals surface area contributed by atoms with Crippen LogP contribution in [0.3, 0.4) is 0 Å². The van der Waals surface area contributed by atoms with Crippen LogP contribution in [0.5, 0.6) is 0 Å². The molecule has 2 heterocycles. The summed E-state index contributed by atoms with van der Waals surface area (Å²) < 4.78 is 0.